The van der Waals surface area contributed by atoms with E-state index in [1.807, 2.05) is 4.98 Å². The van der Waals surface area contributed by atoms with Crippen LogP contribution in [-0.4, -0.2) is 21.1 Å². The minimum absolute atomic E-state index is 0.210. The molecule has 0 aliphatic carbocycles. The number of benzene rings is 1. The van der Waals surface area contributed by atoms with Crippen LogP contribution in [0, 0.1) is 0 Å². The van der Waals surface area contributed by atoms with Crippen molar-refractivity contribution in [3.8, 4) is 23.0 Å². The van der Waals surface area contributed by atoms with Gasteiger partial charge in [0.1, 0.15) is 11.4 Å². The molecule has 2 aromatic heterocycles. The summed E-state index contributed by atoms with van der Waals surface area (Å²) in [5.41, 5.74) is -4.21. The van der Waals surface area contributed by atoms with Gasteiger partial charge >= 0.3 is 18.3 Å². The van der Waals surface area contributed by atoms with Gasteiger partial charge in [-0.15, -0.1) is 11.3 Å². The van der Waals surface area contributed by atoms with Crippen LogP contribution >= 0.6 is 22.9 Å². The smallest absolute Gasteiger partial charge is 0.449 e. The van der Waals surface area contributed by atoms with E-state index in [0.717, 1.165) is 17.4 Å². The van der Waals surface area contributed by atoms with Crippen LogP contribution in [0.5, 0.6) is 11.5 Å². The molecule has 0 fully saturated rings. The summed E-state index contributed by atoms with van der Waals surface area (Å²) in [5, 5.41) is 0.426. The Morgan fingerprint density at radius 1 is 1.06 bits per heavy atom. The van der Waals surface area contributed by atoms with E-state index in [4.69, 9.17) is 16.3 Å². The average Bonchev–Trinajstić information content (AvgIpc) is 3.17. The number of ether oxygens (including phenoxy) is 1. The molecule has 1 N–H and O–H groups in total. The number of nitrogens with one attached hydrogen (secondary N) is 1. The number of rotatable bonds is 4. The highest BCUT2D eigenvalue weighted by Crippen LogP contribution is 2.46. The molecule has 31 heavy (non-hydrogen) atoms. The van der Waals surface area contributed by atoms with Crippen molar-refractivity contribution in [3.63, 3.8) is 0 Å². The normalized spacial score (nSPS) is 12.8. The van der Waals surface area contributed by atoms with E-state index in [0.29, 0.717) is 6.07 Å². The van der Waals surface area contributed by atoms with Gasteiger partial charge in [0.15, 0.2) is 11.5 Å². The number of aromatic amines is 1. The van der Waals surface area contributed by atoms with E-state index in [-0.39, 0.29) is 11.8 Å². The number of halogens is 9. The van der Waals surface area contributed by atoms with Crippen LogP contribution in [0.1, 0.15) is 11.3 Å². The van der Waals surface area contributed by atoms with Crippen LogP contribution in [0.3, 0.4) is 0 Å². The third-order valence-electron chi connectivity index (χ3n) is 3.67. The Labute approximate surface area is 175 Å². The van der Waals surface area contributed by atoms with Crippen molar-refractivity contribution in [2.45, 2.75) is 18.3 Å². The number of hydrogen-bond acceptors (Lipinski definition) is 5. The van der Waals surface area contributed by atoms with E-state index >= 15 is 0 Å². The third-order valence-corrected chi connectivity index (χ3v) is 4.58. The highest BCUT2D eigenvalue weighted by atomic mass is 35.5. The Balaban J connectivity index is 2.20. The fourth-order valence-corrected chi connectivity index (χ4v) is 3.02. The molecule has 0 atom stereocenters. The summed E-state index contributed by atoms with van der Waals surface area (Å²) in [4.78, 5) is 21.0. The minimum atomic E-state index is -6.19. The van der Waals surface area contributed by atoms with E-state index in [1.54, 1.807) is 0 Å². The lowest BCUT2D eigenvalue weighted by atomic mass is 10.2. The van der Waals surface area contributed by atoms with Gasteiger partial charge in [-0.25, -0.2) is 9.97 Å². The zero-order valence-corrected chi connectivity index (χ0v) is 16.0. The number of aromatic nitrogens is 3. The summed E-state index contributed by atoms with van der Waals surface area (Å²) < 4.78 is 111. The van der Waals surface area contributed by atoms with Crippen molar-refractivity contribution in [2.75, 3.05) is 0 Å². The lowest BCUT2D eigenvalue weighted by Gasteiger charge is -2.21. The van der Waals surface area contributed by atoms with Gasteiger partial charge in [-0.2, -0.15) is 35.1 Å². The van der Waals surface area contributed by atoms with Crippen LogP contribution in [0.4, 0.5) is 35.1 Å². The van der Waals surface area contributed by atoms with E-state index in [1.165, 1.54) is 10.9 Å². The van der Waals surface area contributed by atoms with Crippen LogP contribution in [-0.2, 0) is 12.1 Å². The second-order valence-electron chi connectivity index (χ2n) is 5.78. The molecule has 0 unspecified atom stereocenters. The number of alkyl halides is 8. The molecule has 0 aliphatic heterocycles. The zero-order valence-electron chi connectivity index (χ0n) is 14.4. The van der Waals surface area contributed by atoms with Gasteiger partial charge in [0, 0.05) is 5.38 Å². The molecule has 0 spiro atoms. The van der Waals surface area contributed by atoms with Crippen molar-refractivity contribution in [3.05, 3.63) is 55.7 Å². The largest absolute Gasteiger partial charge is 0.459 e. The van der Waals surface area contributed by atoms with Crippen LogP contribution in [0.2, 0.25) is 5.02 Å². The first-order valence-corrected chi connectivity index (χ1v) is 9.06. The molecule has 1 aromatic carbocycles. The highest BCUT2D eigenvalue weighted by Gasteiger charge is 2.62. The monoisotopic (exact) mass is 491 g/mol. The first-order chi connectivity index (χ1) is 14.2. The first-order valence-electron chi connectivity index (χ1n) is 7.74. The third kappa shape index (κ3) is 4.49. The maximum Gasteiger partial charge on any atom is 0.459 e. The molecule has 3 rings (SSSR count). The summed E-state index contributed by atoms with van der Waals surface area (Å²) >= 11 is 6.36. The van der Waals surface area contributed by atoms with Crippen molar-refractivity contribution < 1.29 is 39.9 Å². The lowest BCUT2D eigenvalue weighted by molar-refractivity contribution is -0.291. The second-order valence-corrected chi connectivity index (χ2v) is 6.91. The number of nitrogens with zero attached hydrogens (tertiary/aromatic N) is 2. The topological polar surface area (TPSA) is 67.9 Å². The Bertz CT molecular complexity index is 1160. The molecular weight excluding hydrogens is 486 g/mol. The Morgan fingerprint density at radius 3 is 2.29 bits per heavy atom. The predicted molar refractivity (Wildman–Crippen MR) is 92.4 cm³/mol. The quantitative estimate of drug-likeness (QED) is 0.454. The fraction of sp³-hybridized carbons (Fsp3) is 0.188. The van der Waals surface area contributed by atoms with Gasteiger partial charge in [0.05, 0.1) is 16.1 Å². The fourth-order valence-electron chi connectivity index (χ4n) is 2.26. The van der Waals surface area contributed by atoms with E-state index in [2.05, 4.69) is 9.97 Å². The van der Waals surface area contributed by atoms with Crippen molar-refractivity contribution in [2.24, 2.45) is 0 Å². The van der Waals surface area contributed by atoms with Crippen molar-refractivity contribution >= 4 is 22.9 Å². The maximum absolute atomic E-state index is 14.1. The van der Waals surface area contributed by atoms with Gasteiger partial charge in [-0.3, -0.25) is 4.79 Å². The molecule has 0 radical (unpaired) electrons. The summed E-state index contributed by atoms with van der Waals surface area (Å²) in [6.45, 7) is 0. The van der Waals surface area contributed by atoms with E-state index < -0.39 is 57.4 Å². The summed E-state index contributed by atoms with van der Waals surface area (Å²) in [7, 11) is 0. The predicted octanol–water partition coefficient (Wildman–Crippen LogP) is 6.01. The molecule has 0 bridgehead atoms. The Morgan fingerprint density at radius 2 is 1.74 bits per heavy atom. The van der Waals surface area contributed by atoms with Crippen molar-refractivity contribution in [1.82, 2.24) is 15.0 Å². The lowest BCUT2D eigenvalue weighted by Crippen LogP contribution is -2.36. The summed E-state index contributed by atoms with van der Waals surface area (Å²) in [5.74, 6) is -8.91. The Kier molecular flexibility index (Phi) is 5.73. The first kappa shape index (κ1) is 22.9. The van der Waals surface area contributed by atoms with Gasteiger partial charge in [0.2, 0.25) is 5.75 Å². The molecular formula is C16H6ClF8N3O2S. The van der Waals surface area contributed by atoms with Gasteiger partial charge < -0.3 is 9.72 Å². The highest BCUT2D eigenvalue weighted by molar-refractivity contribution is 7.07. The zero-order chi connectivity index (χ0) is 23.2. The second kappa shape index (κ2) is 7.75. The molecule has 0 aliphatic rings. The minimum Gasteiger partial charge on any atom is -0.449 e. The van der Waals surface area contributed by atoms with Crippen LogP contribution in [0.25, 0.3) is 11.5 Å². The standard InChI is InChI=1S/C16H6ClF8N3O2S/c17-8-2-1-6(3-7(8)15(20,21)22)30-10-11(14(18,19)16(23,24)25)27-12(28-13(10)29)9-4-31-5-26-9/h1-5H,(H,27,28,29). The molecule has 2 heterocycles. The summed E-state index contributed by atoms with van der Waals surface area (Å²) in [6.07, 6.45) is -11.2. The Hall–Kier alpha value is -2.74. The molecule has 0 saturated carbocycles. The number of thiazole rings is 1. The molecule has 3 aromatic rings. The number of hydrogen-bond donors (Lipinski definition) is 1. The van der Waals surface area contributed by atoms with Gasteiger partial charge in [0.25, 0.3) is 5.56 Å². The SMILES string of the molecule is O=c1[nH]c(-c2cscn2)nc(C(F)(F)C(F)(F)F)c1Oc1ccc(Cl)c(C(F)(F)F)c1. The average molecular weight is 492 g/mol. The molecule has 0 saturated heterocycles. The van der Waals surface area contributed by atoms with Crippen molar-refractivity contribution in [1.29, 1.82) is 0 Å². The molecule has 5 nitrogen and oxygen atoms in total. The van der Waals surface area contributed by atoms with Crippen LogP contribution in [0.15, 0.2) is 33.9 Å². The molecule has 0 amide bonds. The maximum atomic E-state index is 14.1. The number of H-pyrrole nitrogens is 1. The van der Waals surface area contributed by atoms with Crippen LogP contribution < -0.4 is 10.3 Å². The van der Waals surface area contributed by atoms with Gasteiger partial charge in [-0.05, 0) is 18.2 Å². The van der Waals surface area contributed by atoms with E-state index in [9.17, 15) is 39.9 Å². The van der Waals surface area contributed by atoms with Gasteiger partial charge in [-0.1, -0.05) is 11.6 Å². The molecule has 15 heteroatoms. The molecule has 166 valence electrons. The summed E-state index contributed by atoms with van der Waals surface area (Å²) in [6, 6.07) is 1.67.